The number of ether oxygens (including phenoxy) is 2. The second kappa shape index (κ2) is 8.99. The molecule has 3 atom stereocenters. The van der Waals surface area contributed by atoms with Gasteiger partial charge in [-0.3, -0.25) is 15.1 Å². The average molecular weight is 484 g/mol. The molecule has 1 aliphatic carbocycles. The van der Waals surface area contributed by atoms with Crippen molar-refractivity contribution in [1.82, 2.24) is 25.0 Å². The molecule has 3 aromatic heterocycles. The van der Waals surface area contributed by atoms with E-state index in [4.69, 9.17) is 21.1 Å². The number of aromatic nitrogens is 5. The van der Waals surface area contributed by atoms with Gasteiger partial charge in [-0.15, -0.1) is 5.10 Å². The highest BCUT2D eigenvalue weighted by Gasteiger charge is 2.57. The minimum atomic E-state index is -0.707. The third-order valence-corrected chi connectivity index (χ3v) is 6.40. The zero-order valence-corrected chi connectivity index (χ0v) is 19.2. The van der Waals surface area contributed by atoms with Crippen LogP contribution in [0.1, 0.15) is 18.6 Å². The molecule has 0 spiro atoms. The van der Waals surface area contributed by atoms with E-state index in [-0.39, 0.29) is 17.0 Å². The van der Waals surface area contributed by atoms with Gasteiger partial charge in [-0.05, 0) is 37.0 Å². The van der Waals surface area contributed by atoms with Crippen molar-refractivity contribution in [3.05, 3.63) is 47.4 Å². The lowest BCUT2D eigenvalue weighted by Gasteiger charge is -2.15. The van der Waals surface area contributed by atoms with Gasteiger partial charge in [0.05, 0.1) is 30.8 Å². The van der Waals surface area contributed by atoms with Gasteiger partial charge < -0.3 is 14.8 Å². The number of carbonyl (C=O) groups is 2. The number of pyridine rings is 2. The Morgan fingerprint density at radius 1 is 1.21 bits per heavy atom. The molecule has 1 saturated carbocycles. The molecule has 2 amide bonds. The Kier molecular flexibility index (Phi) is 5.88. The number of nitrogens with zero attached hydrogens (tertiary/aromatic N) is 5. The number of hydrogen-bond donors (Lipinski definition) is 2. The van der Waals surface area contributed by atoms with Gasteiger partial charge in [-0.2, -0.15) is 0 Å². The van der Waals surface area contributed by atoms with Gasteiger partial charge in [-0.25, -0.2) is 14.5 Å². The first-order chi connectivity index (χ1) is 16.4. The number of aryl methyl sites for hydroxylation is 1. The van der Waals surface area contributed by atoms with Crippen molar-refractivity contribution in [3.8, 4) is 11.4 Å². The van der Waals surface area contributed by atoms with E-state index in [1.807, 2.05) is 0 Å². The van der Waals surface area contributed by atoms with Crippen molar-refractivity contribution >= 4 is 35.1 Å². The number of nitrogens with one attached hydrogen (secondary N) is 2. The number of anilines is 2. The molecule has 0 radical (unpaired) electrons. The second-order valence-electron chi connectivity index (χ2n) is 8.28. The van der Waals surface area contributed by atoms with Crippen LogP contribution in [0.15, 0.2) is 36.7 Å². The van der Waals surface area contributed by atoms with E-state index in [1.54, 1.807) is 50.6 Å². The predicted molar refractivity (Wildman–Crippen MR) is 122 cm³/mol. The number of fused-ring (bicyclic) bond motifs is 1. The SMILES string of the molecule is C[C@@H](OC(=O)Nc1c(-c2ccc(NC(=O)C3[C@@H]4COC[C@@H]34)cn2)nnn1C)c1cccnc1Cl. The Balaban J connectivity index is 1.24. The van der Waals surface area contributed by atoms with Gasteiger partial charge in [0, 0.05) is 24.7 Å². The first kappa shape index (κ1) is 22.2. The molecule has 0 bridgehead atoms. The Bertz CT molecular complexity index is 1220. The summed E-state index contributed by atoms with van der Waals surface area (Å²) in [7, 11) is 1.64. The minimum absolute atomic E-state index is 0.0131. The largest absolute Gasteiger partial charge is 0.441 e. The summed E-state index contributed by atoms with van der Waals surface area (Å²) in [5, 5.41) is 13.9. The van der Waals surface area contributed by atoms with Crippen LogP contribution in [0, 0.1) is 17.8 Å². The normalized spacial score (nSPS) is 21.4. The highest BCUT2D eigenvalue weighted by atomic mass is 35.5. The molecule has 0 aromatic carbocycles. The molecule has 176 valence electrons. The summed E-state index contributed by atoms with van der Waals surface area (Å²) in [4.78, 5) is 33.3. The molecule has 1 saturated heterocycles. The van der Waals surface area contributed by atoms with Crippen molar-refractivity contribution in [2.75, 3.05) is 23.8 Å². The molecule has 2 aliphatic rings. The first-order valence-electron chi connectivity index (χ1n) is 10.7. The smallest absolute Gasteiger partial charge is 0.413 e. The standard InChI is InChI=1S/C22H22ClN7O4/c1-11(13-4-3-7-24-19(13)23)34-22(32)27-20-18(28-29-30(20)2)16-6-5-12(8-25-16)26-21(31)17-14-9-33-10-15(14)17/h3-8,11,14-15,17H,9-10H2,1-2H3,(H,26,31)(H,27,32)/t11-,14-,15-/m1/s1. The second-order valence-corrected chi connectivity index (χ2v) is 8.64. The van der Waals surface area contributed by atoms with E-state index in [2.05, 4.69) is 30.9 Å². The maximum absolute atomic E-state index is 12.5. The topological polar surface area (TPSA) is 133 Å². The van der Waals surface area contributed by atoms with Crippen LogP contribution in [-0.4, -0.2) is 50.2 Å². The lowest BCUT2D eigenvalue weighted by Crippen LogP contribution is -2.19. The van der Waals surface area contributed by atoms with Crippen LogP contribution in [0.5, 0.6) is 0 Å². The third-order valence-electron chi connectivity index (χ3n) is 6.09. The molecular formula is C22H22ClN7O4. The Morgan fingerprint density at radius 2 is 2.00 bits per heavy atom. The van der Waals surface area contributed by atoms with E-state index in [0.29, 0.717) is 53.5 Å². The minimum Gasteiger partial charge on any atom is -0.441 e. The molecule has 4 heterocycles. The third kappa shape index (κ3) is 4.31. The van der Waals surface area contributed by atoms with Gasteiger partial charge in [0.25, 0.3) is 0 Å². The molecule has 11 nitrogen and oxygen atoms in total. The highest BCUT2D eigenvalue weighted by Crippen LogP contribution is 2.51. The molecule has 0 unspecified atom stereocenters. The van der Waals surface area contributed by atoms with E-state index >= 15 is 0 Å². The van der Waals surface area contributed by atoms with Crippen molar-refractivity contribution < 1.29 is 19.1 Å². The Labute approximate surface area is 199 Å². The van der Waals surface area contributed by atoms with Crippen LogP contribution in [0.3, 0.4) is 0 Å². The van der Waals surface area contributed by atoms with Crippen molar-refractivity contribution in [3.63, 3.8) is 0 Å². The van der Waals surface area contributed by atoms with E-state index in [9.17, 15) is 9.59 Å². The van der Waals surface area contributed by atoms with Crippen LogP contribution < -0.4 is 10.6 Å². The summed E-state index contributed by atoms with van der Waals surface area (Å²) in [6, 6.07) is 6.88. The summed E-state index contributed by atoms with van der Waals surface area (Å²) in [5.41, 5.74) is 2.00. The molecule has 1 aliphatic heterocycles. The zero-order valence-electron chi connectivity index (χ0n) is 18.4. The van der Waals surface area contributed by atoms with E-state index < -0.39 is 12.2 Å². The van der Waals surface area contributed by atoms with E-state index in [1.165, 1.54) is 4.68 Å². The average Bonchev–Trinajstić information content (AvgIpc) is 3.10. The molecule has 2 fully saturated rings. The number of amides is 2. The van der Waals surface area contributed by atoms with Crippen LogP contribution in [0.25, 0.3) is 11.4 Å². The highest BCUT2D eigenvalue weighted by molar-refractivity contribution is 6.30. The van der Waals surface area contributed by atoms with Gasteiger partial charge in [-0.1, -0.05) is 22.9 Å². The van der Waals surface area contributed by atoms with Gasteiger partial charge in [0.1, 0.15) is 11.3 Å². The van der Waals surface area contributed by atoms with Gasteiger partial charge in [0.15, 0.2) is 11.5 Å². The molecule has 34 heavy (non-hydrogen) atoms. The van der Waals surface area contributed by atoms with Crippen LogP contribution in [0.4, 0.5) is 16.3 Å². The van der Waals surface area contributed by atoms with E-state index in [0.717, 1.165) is 0 Å². The fourth-order valence-corrected chi connectivity index (χ4v) is 4.46. The van der Waals surface area contributed by atoms with Crippen molar-refractivity contribution in [2.45, 2.75) is 13.0 Å². The lowest BCUT2D eigenvalue weighted by atomic mass is 10.2. The Morgan fingerprint density at radius 3 is 2.71 bits per heavy atom. The lowest BCUT2D eigenvalue weighted by molar-refractivity contribution is -0.118. The quantitative estimate of drug-likeness (QED) is 0.511. The van der Waals surface area contributed by atoms with Crippen molar-refractivity contribution in [1.29, 1.82) is 0 Å². The van der Waals surface area contributed by atoms with Crippen LogP contribution in [-0.2, 0) is 21.3 Å². The number of carbonyl (C=O) groups excluding carboxylic acids is 2. The summed E-state index contributed by atoms with van der Waals surface area (Å²) in [5.74, 6) is 0.971. The van der Waals surface area contributed by atoms with Gasteiger partial charge in [0.2, 0.25) is 5.91 Å². The number of rotatable bonds is 6. The maximum Gasteiger partial charge on any atom is 0.413 e. The molecule has 3 aromatic rings. The first-order valence-corrected chi connectivity index (χ1v) is 11.1. The Hall–Kier alpha value is -3.57. The summed E-state index contributed by atoms with van der Waals surface area (Å²) < 4.78 is 12.2. The van der Waals surface area contributed by atoms with Crippen LogP contribution >= 0.6 is 11.6 Å². The van der Waals surface area contributed by atoms with Crippen LogP contribution in [0.2, 0.25) is 5.15 Å². The molecule has 5 rings (SSSR count). The molecule has 2 N–H and O–H groups in total. The fraction of sp³-hybridized carbons (Fsp3) is 0.364. The molecule has 12 heteroatoms. The monoisotopic (exact) mass is 483 g/mol. The predicted octanol–water partition coefficient (Wildman–Crippen LogP) is 3.07. The van der Waals surface area contributed by atoms with Crippen molar-refractivity contribution in [2.24, 2.45) is 24.8 Å². The summed E-state index contributed by atoms with van der Waals surface area (Å²) >= 11 is 6.08. The maximum atomic E-state index is 12.5. The van der Waals surface area contributed by atoms with Gasteiger partial charge >= 0.3 is 6.09 Å². The number of halogens is 1. The summed E-state index contributed by atoms with van der Waals surface area (Å²) in [6.07, 6.45) is 1.78. The summed E-state index contributed by atoms with van der Waals surface area (Å²) in [6.45, 7) is 3.00. The molecular weight excluding hydrogens is 462 g/mol. The fourth-order valence-electron chi connectivity index (χ4n) is 4.18. The zero-order chi connectivity index (χ0) is 23.8. The number of hydrogen-bond acceptors (Lipinski definition) is 8.